The Balaban J connectivity index is 1.05. The molecule has 2 N–H and O–H groups in total. The number of hydrogen-bond donors (Lipinski definition) is 2. The molecular formula is C33H39N5O4. The highest BCUT2D eigenvalue weighted by Crippen LogP contribution is 2.51. The zero-order valence-corrected chi connectivity index (χ0v) is 24.3. The molecule has 0 spiro atoms. The van der Waals surface area contributed by atoms with Crippen molar-refractivity contribution in [3.8, 4) is 5.75 Å². The highest BCUT2D eigenvalue weighted by Gasteiger charge is 2.44. The number of benzene rings is 1. The molecule has 0 aliphatic heterocycles. The van der Waals surface area contributed by atoms with Crippen LogP contribution in [-0.2, 0) is 0 Å². The third-order valence-electron chi connectivity index (χ3n) is 9.12. The lowest BCUT2D eigenvalue weighted by atomic mass is 9.82. The second-order valence-corrected chi connectivity index (χ2v) is 13.2. The summed E-state index contributed by atoms with van der Waals surface area (Å²) in [5.74, 6) is 1.88. The molecule has 0 radical (unpaired) electrons. The summed E-state index contributed by atoms with van der Waals surface area (Å²) in [5.41, 5.74) is 1.39. The van der Waals surface area contributed by atoms with Gasteiger partial charge in [-0.15, -0.1) is 0 Å². The summed E-state index contributed by atoms with van der Waals surface area (Å²) < 4.78 is 9.16. The minimum Gasteiger partial charge on any atom is -0.489 e. The molecule has 220 valence electrons. The van der Waals surface area contributed by atoms with E-state index in [4.69, 9.17) is 9.84 Å². The lowest BCUT2D eigenvalue weighted by molar-refractivity contribution is 0.0283. The van der Waals surface area contributed by atoms with E-state index in [0.29, 0.717) is 28.7 Å². The van der Waals surface area contributed by atoms with E-state index in [1.54, 1.807) is 36.8 Å². The summed E-state index contributed by atoms with van der Waals surface area (Å²) in [6.07, 6.45) is 11.6. The molecule has 4 aromatic rings. The molecule has 0 saturated heterocycles. The summed E-state index contributed by atoms with van der Waals surface area (Å²) >= 11 is 0. The zero-order valence-electron chi connectivity index (χ0n) is 24.3. The Morgan fingerprint density at radius 3 is 2.38 bits per heavy atom. The van der Waals surface area contributed by atoms with Gasteiger partial charge in [0.2, 0.25) is 0 Å². The average Bonchev–Trinajstić information content (AvgIpc) is 3.92. The molecule has 42 heavy (non-hydrogen) atoms. The molecule has 3 aromatic heterocycles. The lowest BCUT2D eigenvalue weighted by Gasteiger charge is -2.30. The SMILES string of the molecule is CC(C)(O)COc1ccc2c(C(=O)NC3CCC(c4nn(C(C5CC5)C5CC5)c(=O)c5ccccc45)CC3)cnn2c1. The van der Waals surface area contributed by atoms with Gasteiger partial charge in [0.05, 0.1) is 46.2 Å². The van der Waals surface area contributed by atoms with Crippen molar-refractivity contribution >= 4 is 22.2 Å². The van der Waals surface area contributed by atoms with Crippen LogP contribution < -0.4 is 15.6 Å². The van der Waals surface area contributed by atoms with E-state index in [-0.39, 0.29) is 36.1 Å². The van der Waals surface area contributed by atoms with Gasteiger partial charge in [-0.3, -0.25) is 9.59 Å². The number of amides is 1. The Bertz CT molecular complexity index is 1670. The molecule has 9 heteroatoms. The Labute approximate surface area is 244 Å². The summed E-state index contributed by atoms with van der Waals surface area (Å²) in [7, 11) is 0. The summed E-state index contributed by atoms with van der Waals surface area (Å²) in [4.78, 5) is 26.8. The van der Waals surface area contributed by atoms with Gasteiger partial charge in [-0.25, -0.2) is 9.20 Å². The van der Waals surface area contributed by atoms with Crippen molar-refractivity contribution in [1.29, 1.82) is 0 Å². The van der Waals surface area contributed by atoms with Crippen LogP contribution in [0.25, 0.3) is 16.3 Å². The van der Waals surface area contributed by atoms with Crippen LogP contribution in [0.1, 0.15) is 93.2 Å². The fourth-order valence-electron chi connectivity index (χ4n) is 6.66. The molecule has 7 rings (SSSR count). The molecule has 3 fully saturated rings. The Morgan fingerprint density at radius 2 is 1.71 bits per heavy atom. The summed E-state index contributed by atoms with van der Waals surface area (Å²) in [5, 5.41) is 24.4. The van der Waals surface area contributed by atoms with E-state index in [0.717, 1.165) is 42.1 Å². The first-order valence-corrected chi connectivity index (χ1v) is 15.4. The number of rotatable bonds is 9. The van der Waals surface area contributed by atoms with Gasteiger partial charge in [-0.2, -0.15) is 10.2 Å². The second-order valence-electron chi connectivity index (χ2n) is 13.2. The van der Waals surface area contributed by atoms with Crippen molar-refractivity contribution in [3.05, 3.63) is 70.4 Å². The van der Waals surface area contributed by atoms with Gasteiger partial charge in [0.15, 0.2) is 0 Å². The molecular weight excluding hydrogens is 530 g/mol. The molecule has 1 amide bonds. The third-order valence-corrected chi connectivity index (χ3v) is 9.12. The maximum atomic E-state index is 13.6. The number of aliphatic hydroxyl groups is 1. The second kappa shape index (κ2) is 10.5. The number of ether oxygens (including phenoxy) is 1. The Morgan fingerprint density at radius 1 is 1.02 bits per heavy atom. The summed E-state index contributed by atoms with van der Waals surface area (Å²) in [6.45, 7) is 3.53. The van der Waals surface area contributed by atoms with Gasteiger partial charge in [-0.05, 0) is 95.2 Å². The van der Waals surface area contributed by atoms with Crippen molar-refractivity contribution in [2.45, 2.75) is 88.8 Å². The van der Waals surface area contributed by atoms with Crippen LogP contribution in [0.3, 0.4) is 0 Å². The van der Waals surface area contributed by atoms with E-state index in [9.17, 15) is 14.7 Å². The summed E-state index contributed by atoms with van der Waals surface area (Å²) in [6, 6.07) is 11.9. The van der Waals surface area contributed by atoms with Gasteiger partial charge < -0.3 is 15.2 Å². The molecule has 3 aliphatic carbocycles. The van der Waals surface area contributed by atoms with E-state index in [2.05, 4.69) is 10.4 Å². The van der Waals surface area contributed by atoms with Crippen LogP contribution in [0.15, 0.2) is 53.6 Å². The molecule has 0 unspecified atom stereocenters. The van der Waals surface area contributed by atoms with Crippen LogP contribution >= 0.6 is 0 Å². The van der Waals surface area contributed by atoms with E-state index in [1.807, 2.05) is 35.0 Å². The maximum Gasteiger partial charge on any atom is 0.274 e. The largest absolute Gasteiger partial charge is 0.489 e. The van der Waals surface area contributed by atoms with Gasteiger partial charge in [-0.1, -0.05) is 18.2 Å². The van der Waals surface area contributed by atoms with Gasteiger partial charge >= 0.3 is 0 Å². The predicted octanol–water partition coefficient (Wildman–Crippen LogP) is 5.01. The number of fused-ring (bicyclic) bond motifs is 2. The fraction of sp³-hybridized carbons (Fsp3) is 0.515. The minimum atomic E-state index is -0.942. The number of carbonyl (C=O) groups excluding carboxylic acids is 1. The Kier molecular flexibility index (Phi) is 6.80. The first-order chi connectivity index (χ1) is 20.2. The standard InChI is InChI=1S/C33H39N5O4/c1-33(2,41)19-42-24-15-16-28-27(17-34-37(28)18-24)31(39)35-23-13-11-20(12-14-23)29-25-5-3-4-6-26(25)32(40)38(36-29)30(21-7-8-21)22-9-10-22/h3-6,15-18,20-23,30,41H,7-14,19H2,1-2H3,(H,35,39). The fourth-order valence-corrected chi connectivity index (χ4v) is 6.66. The lowest BCUT2D eigenvalue weighted by Crippen LogP contribution is -2.38. The van der Waals surface area contributed by atoms with Crippen LogP contribution in [0.5, 0.6) is 5.75 Å². The van der Waals surface area contributed by atoms with Crippen molar-refractivity contribution < 1.29 is 14.6 Å². The number of nitrogens with zero attached hydrogens (tertiary/aromatic N) is 4. The van der Waals surface area contributed by atoms with Crippen LogP contribution in [0.4, 0.5) is 0 Å². The van der Waals surface area contributed by atoms with Gasteiger partial charge in [0, 0.05) is 17.3 Å². The number of nitrogens with one attached hydrogen (secondary N) is 1. The molecule has 1 aromatic carbocycles. The molecule has 0 atom stereocenters. The van der Waals surface area contributed by atoms with Crippen molar-refractivity contribution in [2.75, 3.05) is 6.61 Å². The monoisotopic (exact) mass is 569 g/mol. The maximum absolute atomic E-state index is 13.6. The third kappa shape index (κ3) is 5.42. The number of carbonyl (C=O) groups is 1. The molecule has 3 aliphatic rings. The zero-order chi connectivity index (χ0) is 29.0. The number of pyridine rings is 1. The van der Waals surface area contributed by atoms with E-state index < -0.39 is 5.60 Å². The van der Waals surface area contributed by atoms with Gasteiger partial charge in [0.1, 0.15) is 12.4 Å². The average molecular weight is 570 g/mol. The predicted molar refractivity (Wildman–Crippen MR) is 160 cm³/mol. The molecule has 3 saturated carbocycles. The number of aromatic nitrogens is 4. The quantitative estimate of drug-likeness (QED) is 0.293. The van der Waals surface area contributed by atoms with Crippen LogP contribution in [0.2, 0.25) is 0 Å². The van der Waals surface area contributed by atoms with Crippen molar-refractivity contribution in [3.63, 3.8) is 0 Å². The molecule has 3 heterocycles. The normalized spacial score (nSPS) is 21.2. The van der Waals surface area contributed by atoms with Crippen molar-refractivity contribution in [1.82, 2.24) is 24.7 Å². The van der Waals surface area contributed by atoms with E-state index >= 15 is 0 Å². The Hall–Kier alpha value is -3.72. The first-order valence-electron chi connectivity index (χ1n) is 15.4. The topological polar surface area (TPSA) is 111 Å². The van der Waals surface area contributed by atoms with Gasteiger partial charge in [0.25, 0.3) is 11.5 Å². The molecule has 0 bridgehead atoms. The van der Waals surface area contributed by atoms with Crippen LogP contribution in [0, 0.1) is 11.8 Å². The highest BCUT2D eigenvalue weighted by molar-refractivity contribution is 6.00. The number of hydrogen-bond acceptors (Lipinski definition) is 6. The van der Waals surface area contributed by atoms with Crippen molar-refractivity contribution in [2.24, 2.45) is 11.8 Å². The minimum absolute atomic E-state index is 0.0587. The van der Waals surface area contributed by atoms with E-state index in [1.165, 1.54) is 25.7 Å². The highest BCUT2D eigenvalue weighted by atomic mass is 16.5. The van der Waals surface area contributed by atoms with Crippen LogP contribution in [-0.4, -0.2) is 48.7 Å². The smallest absolute Gasteiger partial charge is 0.274 e. The first kappa shape index (κ1) is 27.1. The molecule has 9 nitrogen and oxygen atoms in total.